The van der Waals surface area contributed by atoms with Crippen LogP contribution in [0.3, 0.4) is 0 Å². The van der Waals surface area contributed by atoms with E-state index in [-0.39, 0.29) is 12.4 Å². The van der Waals surface area contributed by atoms with Gasteiger partial charge in [0.05, 0.1) is 6.26 Å². The van der Waals surface area contributed by atoms with E-state index >= 15 is 0 Å². The molecule has 1 heterocycles. The first kappa shape index (κ1) is 11.8. The lowest BCUT2D eigenvalue weighted by molar-refractivity contribution is 0.369. The summed E-state index contributed by atoms with van der Waals surface area (Å²) in [6, 6.07) is 10.1. The highest BCUT2D eigenvalue weighted by molar-refractivity contribution is 5.85. The van der Waals surface area contributed by atoms with E-state index < -0.39 is 0 Å². The highest BCUT2D eigenvalue weighted by Gasteiger charge is 2.10. The molecule has 15 heavy (non-hydrogen) atoms. The summed E-state index contributed by atoms with van der Waals surface area (Å²) in [4.78, 5) is 0. The maximum atomic E-state index is 5.72. The predicted molar refractivity (Wildman–Crippen MR) is 64.5 cm³/mol. The lowest BCUT2D eigenvalue weighted by Gasteiger charge is -2.08. The topological polar surface area (TPSA) is 35.2 Å². The van der Waals surface area contributed by atoms with Gasteiger partial charge in [-0.3, -0.25) is 0 Å². The minimum absolute atomic E-state index is 0. The van der Waals surface area contributed by atoms with Gasteiger partial charge in [0.2, 0.25) is 0 Å². The number of rotatable bonds is 2. The number of allylic oxidation sites excluding steroid dienone is 1. The Kier molecular flexibility index (Phi) is 4.40. The molecule has 2 rings (SSSR count). The minimum Gasteiger partial charge on any atom is -0.469 e. The Hall–Kier alpha value is -1.25. The van der Waals surface area contributed by atoms with E-state index in [1.807, 2.05) is 24.3 Å². The lowest BCUT2D eigenvalue weighted by Crippen LogP contribution is -2.05. The van der Waals surface area contributed by atoms with Gasteiger partial charge >= 0.3 is 0 Å². The van der Waals surface area contributed by atoms with Gasteiger partial charge in [0.25, 0.3) is 0 Å². The zero-order chi connectivity index (χ0) is 9.80. The van der Waals surface area contributed by atoms with E-state index in [0.717, 1.165) is 23.3 Å². The first-order chi connectivity index (χ1) is 6.92. The lowest BCUT2D eigenvalue weighted by atomic mass is 10.0. The van der Waals surface area contributed by atoms with Crippen molar-refractivity contribution in [3.63, 3.8) is 0 Å². The van der Waals surface area contributed by atoms with Gasteiger partial charge in [0.15, 0.2) is 0 Å². The number of nitrogens with two attached hydrogens (primary N) is 1. The zero-order valence-corrected chi connectivity index (χ0v) is 9.17. The Morgan fingerprint density at radius 2 is 2.00 bits per heavy atom. The van der Waals surface area contributed by atoms with Crippen LogP contribution >= 0.6 is 12.4 Å². The molecule has 1 aromatic carbocycles. The highest BCUT2D eigenvalue weighted by atomic mass is 35.5. The molecule has 0 aromatic heterocycles. The van der Waals surface area contributed by atoms with Crippen molar-refractivity contribution in [2.24, 2.45) is 5.73 Å². The van der Waals surface area contributed by atoms with Crippen molar-refractivity contribution >= 4 is 18.0 Å². The maximum absolute atomic E-state index is 5.72. The molecule has 0 fully saturated rings. The molecule has 0 saturated carbocycles. The quantitative estimate of drug-likeness (QED) is 0.837. The van der Waals surface area contributed by atoms with Crippen LogP contribution in [-0.4, -0.2) is 6.54 Å². The summed E-state index contributed by atoms with van der Waals surface area (Å²) in [5.74, 6) is 0.971. The molecule has 0 spiro atoms. The molecular formula is C12H14ClNO. The second kappa shape index (κ2) is 5.59. The fourth-order valence-corrected chi connectivity index (χ4v) is 1.56. The summed E-state index contributed by atoms with van der Waals surface area (Å²) < 4.78 is 5.38. The monoisotopic (exact) mass is 223 g/mol. The average molecular weight is 224 g/mol. The number of halogens is 1. The van der Waals surface area contributed by atoms with E-state index in [9.17, 15) is 0 Å². The van der Waals surface area contributed by atoms with E-state index in [2.05, 4.69) is 12.1 Å². The molecule has 1 aromatic rings. The summed E-state index contributed by atoms with van der Waals surface area (Å²) in [7, 11) is 0. The van der Waals surface area contributed by atoms with Crippen molar-refractivity contribution in [2.75, 3.05) is 6.54 Å². The van der Waals surface area contributed by atoms with Crippen LogP contribution in [0.5, 0.6) is 0 Å². The molecule has 0 radical (unpaired) electrons. The molecule has 0 amide bonds. The van der Waals surface area contributed by atoms with Crippen molar-refractivity contribution in [1.29, 1.82) is 0 Å². The van der Waals surface area contributed by atoms with Gasteiger partial charge < -0.3 is 10.5 Å². The van der Waals surface area contributed by atoms with Gasteiger partial charge in [0.1, 0.15) is 5.76 Å². The van der Waals surface area contributed by atoms with Gasteiger partial charge in [-0.05, 0) is 11.6 Å². The third-order valence-electron chi connectivity index (χ3n) is 2.27. The fourth-order valence-electron chi connectivity index (χ4n) is 1.56. The van der Waals surface area contributed by atoms with Crippen LogP contribution < -0.4 is 5.73 Å². The van der Waals surface area contributed by atoms with Crippen LogP contribution in [0.4, 0.5) is 0 Å². The third-order valence-corrected chi connectivity index (χ3v) is 2.27. The first-order valence-corrected chi connectivity index (χ1v) is 4.71. The standard InChI is InChI=1S/C12H13NO.ClH/c13-9-11(12-7-4-8-14-12)10-5-2-1-3-6-10;/h1-6,8H,7,9,13H2;1H. The molecule has 80 valence electrons. The van der Waals surface area contributed by atoms with Gasteiger partial charge in [0, 0.05) is 18.5 Å². The molecule has 1 aliphatic heterocycles. The smallest absolute Gasteiger partial charge is 0.112 e. The van der Waals surface area contributed by atoms with Crippen LogP contribution in [0.2, 0.25) is 0 Å². The van der Waals surface area contributed by atoms with Crippen molar-refractivity contribution in [3.05, 3.63) is 54.0 Å². The molecule has 2 nitrogen and oxygen atoms in total. The highest BCUT2D eigenvalue weighted by Crippen LogP contribution is 2.24. The van der Waals surface area contributed by atoms with Crippen LogP contribution in [0.1, 0.15) is 12.0 Å². The Labute approximate surface area is 95.8 Å². The second-order valence-corrected chi connectivity index (χ2v) is 3.17. The van der Waals surface area contributed by atoms with Gasteiger partial charge in [-0.2, -0.15) is 0 Å². The summed E-state index contributed by atoms with van der Waals surface area (Å²) in [5, 5.41) is 0. The number of benzene rings is 1. The number of hydrogen-bond donors (Lipinski definition) is 1. The van der Waals surface area contributed by atoms with Gasteiger partial charge in [-0.1, -0.05) is 30.3 Å². The van der Waals surface area contributed by atoms with Gasteiger partial charge in [-0.15, -0.1) is 12.4 Å². The maximum Gasteiger partial charge on any atom is 0.112 e. The fraction of sp³-hybridized carbons (Fsp3) is 0.167. The molecule has 3 heteroatoms. The molecular weight excluding hydrogens is 210 g/mol. The van der Waals surface area contributed by atoms with Crippen LogP contribution in [0.15, 0.2) is 48.4 Å². The van der Waals surface area contributed by atoms with Crippen LogP contribution in [0, 0.1) is 0 Å². The van der Waals surface area contributed by atoms with Gasteiger partial charge in [-0.25, -0.2) is 0 Å². The Bertz CT molecular complexity index is 360. The number of ether oxygens (including phenoxy) is 1. The molecule has 2 N–H and O–H groups in total. The normalized spacial score (nSPS) is 16.9. The van der Waals surface area contributed by atoms with Crippen molar-refractivity contribution in [3.8, 4) is 0 Å². The van der Waals surface area contributed by atoms with E-state index in [4.69, 9.17) is 10.5 Å². The summed E-state index contributed by atoms with van der Waals surface area (Å²) in [5.41, 5.74) is 7.96. The Balaban J connectivity index is 0.00000112. The molecule has 0 atom stereocenters. The molecule has 0 unspecified atom stereocenters. The Morgan fingerprint density at radius 3 is 2.53 bits per heavy atom. The van der Waals surface area contributed by atoms with Crippen molar-refractivity contribution < 1.29 is 4.74 Å². The Morgan fingerprint density at radius 1 is 1.27 bits per heavy atom. The van der Waals surface area contributed by atoms with Crippen LogP contribution in [0.25, 0.3) is 5.57 Å². The number of hydrogen-bond acceptors (Lipinski definition) is 2. The van der Waals surface area contributed by atoms with E-state index in [1.54, 1.807) is 6.26 Å². The summed E-state index contributed by atoms with van der Waals surface area (Å²) >= 11 is 0. The zero-order valence-electron chi connectivity index (χ0n) is 8.35. The molecule has 0 saturated heterocycles. The van der Waals surface area contributed by atoms with Crippen molar-refractivity contribution in [2.45, 2.75) is 6.42 Å². The van der Waals surface area contributed by atoms with Crippen molar-refractivity contribution in [1.82, 2.24) is 0 Å². The minimum atomic E-state index is 0. The second-order valence-electron chi connectivity index (χ2n) is 3.17. The summed E-state index contributed by atoms with van der Waals surface area (Å²) in [6.07, 6.45) is 4.56. The third kappa shape index (κ3) is 2.61. The van der Waals surface area contributed by atoms with E-state index in [0.29, 0.717) is 6.54 Å². The summed E-state index contributed by atoms with van der Waals surface area (Å²) in [6.45, 7) is 0.515. The average Bonchev–Trinajstić information content (AvgIpc) is 2.74. The predicted octanol–water partition coefficient (Wildman–Crippen LogP) is 2.71. The SMILES string of the molecule is Cl.NCC(=C1CC=CO1)c1ccccc1. The van der Waals surface area contributed by atoms with Crippen LogP contribution in [-0.2, 0) is 4.74 Å². The molecule has 0 bridgehead atoms. The first-order valence-electron chi connectivity index (χ1n) is 4.71. The van der Waals surface area contributed by atoms with E-state index in [1.165, 1.54) is 0 Å². The molecule has 0 aliphatic carbocycles. The largest absolute Gasteiger partial charge is 0.469 e. The molecule has 1 aliphatic rings.